The number of quaternary nitrogens is 1. The van der Waals surface area contributed by atoms with Crippen molar-refractivity contribution in [2.45, 2.75) is 39.0 Å². The Kier molecular flexibility index (Phi) is 5.95. The molecule has 0 amide bonds. The van der Waals surface area contributed by atoms with Crippen molar-refractivity contribution in [3.8, 4) is 0 Å². The molecule has 0 aromatic carbocycles. The van der Waals surface area contributed by atoms with Crippen molar-refractivity contribution in [1.82, 2.24) is 0 Å². The number of hydrogen-bond acceptors (Lipinski definition) is 2. The van der Waals surface area contributed by atoms with Gasteiger partial charge in [-0.3, -0.25) is 0 Å². The Balaban J connectivity index is 4.29. The van der Waals surface area contributed by atoms with Gasteiger partial charge in [-0.25, -0.2) is 0 Å². The third-order valence-corrected chi connectivity index (χ3v) is 10.4. The van der Waals surface area contributed by atoms with Gasteiger partial charge in [0.2, 0.25) is 0 Å². The maximum absolute atomic E-state index is 12.7. The molecule has 0 bridgehead atoms. The quantitative estimate of drug-likeness (QED) is 0.531. The normalized spacial score (nSPS) is 13.9. The zero-order valence-electron chi connectivity index (χ0n) is 11.3. The summed E-state index contributed by atoms with van der Waals surface area (Å²) in [6.45, 7) is 9.41. The van der Waals surface area contributed by atoms with Crippen LogP contribution >= 0.6 is 17.7 Å². The van der Waals surface area contributed by atoms with Crippen molar-refractivity contribution >= 4 is 17.7 Å². The van der Waals surface area contributed by atoms with E-state index < -0.39 is 6.34 Å². The second-order valence-electron chi connectivity index (χ2n) is 5.68. The van der Waals surface area contributed by atoms with Gasteiger partial charge < -0.3 is 9.05 Å². The fraction of sp³-hybridized carbons (Fsp3) is 1.00. The highest BCUT2D eigenvalue weighted by molar-refractivity contribution is 8.58. The Labute approximate surface area is 99.5 Å². The molecule has 0 spiro atoms. The fourth-order valence-corrected chi connectivity index (χ4v) is 6.95. The highest BCUT2D eigenvalue weighted by Crippen LogP contribution is 2.65. The lowest BCUT2D eigenvalue weighted by Gasteiger charge is -2.28. The molecular weight excluding hydrogens is 225 g/mol. The van der Waals surface area contributed by atoms with Gasteiger partial charge >= 0.3 is 0 Å². The zero-order valence-corrected chi connectivity index (χ0v) is 13.0. The first kappa shape index (κ1) is 15.5. The Bertz CT molecular complexity index is 221. The lowest BCUT2D eigenvalue weighted by molar-refractivity contribution is -0.867. The van der Waals surface area contributed by atoms with Crippen molar-refractivity contribution in [2.24, 2.45) is 0 Å². The molecule has 0 aliphatic rings. The summed E-state index contributed by atoms with van der Waals surface area (Å²) < 4.78 is 13.6. The van der Waals surface area contributed by atoms with Crippen molar-refractivity contribution in [1.29, 1.82) is 0 Å². The average Bonchev–Trinajstić information content (AvgIpc) is 2.00. The lowest BCUT2D eigenvalue weighted by atomic mass is 10.5. The van der Waals surface area contributed by atoms with Gasteiger partial charge in [-0.05, 0) is 0 Å². The van der Waals surface area contributed by atoms with Crippen LogP contribution in [0.15, 0.2) is 0 Å². The molecule has 0 saturated carbocycles. The van der Waals surface area contributed by atoms with E-state index >= 15 is 0 Å². The average molecular weight is 252 g/mol. The molecule has 0 unspecified atom stereocenters. The molecule has 0 aromatic rings. The van der Waals surface area contributed by atoms with Crippen LogP contribution in [-0.4, -0.2) is 49.2 Å². The first-order valence-corrected chi connectivity index (χ1v) is 9.07. The molecule has 4 heteroatoms. The Morgan fingerprint density at radius 2 is 1.47 bits per heavy atom. The highest BCUT2D eigenvalue weighted by atomic mass is 32.7. The second kappa shape index (κ2) is 5.75. The summed E-state index contributed by atoms with van der Waals surface area (Å²) in [4.78, 5) is 0. The van der Waals surface area contributed by atoms with Crippen LogP contribution in [0.4, 0.5) is 0 Å². The van der Waals surface area contributed by atoms with Gasteiger partial charge in [-0.15, -0.1) is 0 Å². The standard InChI is InChI=1S/C11H27NOPS/c1-10(2)14(13,11(3)4)15-9-8-12(5,6)7/h10-11H,8-9H2,1-7H3/q+1. The number of hydrogen-bond donors (Lipinski definition) is 0. The summed E-state index contributed by atoms with van der Waals surface area (Å²) in [5, 5.41) is 0. The van der Waals surface area contributed by atoms with Crippen LogP contribution in [0.3, 0.4) is 0 Å². The summed E-state index contributed by atoms with van der Waals surface area (Å²) in [6, 6.07) is 0. The SMILES string of the molecule is CC(C)P(=O)(SCC[N+](C)(C)C)C(C)C. The summed E-state index contributed by atoms with van der Waals surface area (Å²) in [5.41, 5.74) is 0.602. The third-order valence-electron chi connectivity index (χ3n) is 2.49. The van der Waals surface area contributed by atoms with Crippen LogP contribution in [0, 0.1) is 0 Å². The molecule has 0 aliphatic heterocycles. The van der Waals surface area contributed by atoms with E-state index in [9.17, 15) is 4.57 Å². The monoisotopic (exact) mass is 252 g/mol. The minimum absolute atomic E-state index is 0.301. The summed E-state index contributed by atoms with van der Waals surface area (Å²) in [7, 11) is 6.53. The van der Waals surface area contributed by atoms with E-state index in [-0.39, 0.29) is 0 Å². The van der Waals surface area contributed by atoms with Crippen LogP contribution in [-0.2, 0) is 4.57 Å². The zero-order chi connectivity index (χ0) is 12.3. The van der Waals surface area contributed by atoms with Crippen LogP contribution in [0.5, 0.6) is 0 Å². The molecule has 0 radical (unpaired) electrons. The van der Waals surface area contributed by atoms with Gasteiger partial charge in [0.15, 0.2) is 0 Å². The lowest BCUT2D eigenvalue weighted by Crippen LogP contribution is -2.36. The first-order valence-electron chi connectivity index (χ1n) is 5.64. The topological polar surface area (TPSA) is 17.1 Å². The molecule has 0 N–H and O–H groups in total. The van der Waals surface area contributed by atoms with Gasteiger partial charge in [0.25, 0.3) is 0 Å². The fourth-order valence-electron chi connectivity index (χ4n) is 1.35. The Morgan fingerprint density at radius 1 is 1.07 bits per heavy atom. The minimum Gasteiger partial charge on any atom is -0.330 e. The van der Waals surface area contributed by atoms with Crippen molar-refractivity contribution in [3.63, 3.8) is 0 Å². The summed E-state index contributed by atoms with van der Waals surface area (Å²) in [5.74, 6) is 0.997. The summed E-state index contributed by atoms with van der Waals surface area (Å²) in [6.07, 6.45) is -2.04. The maximum Gasteiger partial charge on any atom is 0.144 e. The van der Waals surface area contributed by atoms with Crippen molar-refractivity contribution in [2.75, 3.05) is 33.4 Å². The van der Waals surface area contributed by atoms with Gasteiger partial charge in [0.1, 0.15) is 6.34 Å². The molecule has 0 heterocycles. The van der Waals surface area contributed by atoms with Gasteiger partial charge in [0, 0.05) is 17.1 Å². The molecule has 15 heavy (non-hydrogen) atoms. The summed E-state index contributed by atoms with van der Waals surface area (Å²) >= 11 is 1.71. The van der Waals surface area contributed by atoms with Crippen LogP contribution in [0.2, 0.25) is 0 Å². The van der Waals surface area contributed by atoms with Crippen LogP contribution in [0.1, 0.15) is 27.7 Å². The van der Waals surface area contributed by atoms with E-state index in [0.29, 0.717) is 11.3 Å². The number of rotatable bonds is 6. The second-order valence-corrected chi connectivity index (χ2v) is 12.2. The molecule has 2 nitrogen and oxygen atoms in total. The highest BCUT2D eigenvalue weighted by Gasteiger charge is 2.31. The van der Waals surface area contributed by atoms with Crippen molar-refractivity contribution in [3.05, 3.63) is 0 Å². The van der Waals surface area contributed by atoms with Crippen LogP contribution < -0.4 is 0 Å². The maximum atomic E-state index is 12.7. The predicted molar refractivity (Wildman–Crippen MR) is 73.2 cm³/mol. The molecule has 0 rings (SSSR count). The molecule has 0 aromatic heterocycles. The van der Waals surface area contributed by atoms with E-state index in [1.807, 2.05) is 0 Å². The van der Waals surface area contributed by atoms with Crippen molar-refractivity contribution < 1.29 is 9.05 Å². The molecule has 0 aliphatic carbocycles. The molecule has 0 atom stereocenters. The van der Waals surface area contributed by atoms with E-state index in [1.165, 1.54) is 0 Å². The third kappa shape index (κ3) is 5.42. The van der Waals surface area contributed by atoms with Gasteiger partial charge in [-0.1, -0.05) is 39.1 Å². The smallest absolute Gasteiger partial charge is 0.144 e. The Hall–Kier alpha value is 0.540. The molecule has 0 fully saturated rings. The minimum atomic E-state index is -2.04. The van der Waals surface area contributed by atoms with Gasteiger partial charge in [0.05, 0.1) is 27.7 Å². The first-order chi connectivity index (χ1) is 6.59. The van der Waals surface area contributed by atoms with Crippen LogP contribution in [0.25, 0.3) is 0 Å². The van der Waals surface area contributed by atoms with E-state index in [2.05, 4.69) is 48.8 Å². The number of nitrogens with zero attached hydrogens (tertiary/aromatic N) is 1. The van der Waals surface area contributed by atoms with E-state index in [1.54, 1.807) is 11.4 Å². The van der Waals surface area contributed by atoms with E-state index in [4.69, 9.17) is 0 Å². The Morgan fingerprint density at radius 3 is 1.73 bits per heavy atom. The molecule has 92 valence electrons. The van der Waals surface area contributed by atoms with E-state index in [0.717, 1.165) is 16.8 Å². The molecular formula is C11H27NOPS+. The van der Waals surface area contributed by atoms with Gasteiger partial charge in [-0.2, -0.15) is 0 Å². The predicted octanol–water partition coefficient (Wildman–Crippen LogP) is 3.52. The largest absolute Gasteiger partial charge is 0.330 e. The molecule has 0 saturated heterocycles.